The second kappa shape index (κ2) is 8.35. The number of hydrogen-bond donors (Lipinski definition) is 1. The molecule has 1 heterocycles. The molecule has 0 bridgehead atoms. The van der Waals surface area contributed by atoms with E-state index in [1.54, 1.807) is 19.1 Å². The number of hydrogen-bond acceptors (Lipinski definition) is 7. The maximum atomic E-state index is 12.8. The normalized spacial score (nSPS) is 23.8. The number of fused-ring (bicyclic) bond motifs is 1. The fourth-order valence-electron chi connectivity index (χ4n) is 3.85. The number of nitrogens with zero attached hydrogens (tertiary/aromatic N) is 1. The molecule has 0 radical (unpaired) electrons. The Bertz CT molecular complexity index is 843. The lowest BCUT2D eigenvalue weighted by Gasteiger charge is -2.41. The number of carbonyl (C=O) groups excluding carboxylic acids is 2. The molecular weight excluding hydrogens is 364 g/mol. The van der Waals surface area contributed by atoms with Gasteiger partial charge in [-0.15, -0.1) is 0 Å². The highest BCUT2D eigenvalue weighted by Gasteiger charge is 2.45. The third-order valence-corrected chi connectivity index (χ3v) is 5.11. The molecule has 3 atom stereocenters. The summed E-state index contributed by atoms with van der Waals surface area (Å²) in [5, 5.41) is 14.2. The molecule has 0 amide bonds. The van der Waals surface area contributed by atoms with Crippen molar-refractivity contribution in [3.63, 3.8) is 0 Å². The highest BCUT2D eigenvalue weighted by Crippen LogP contribution is 2.42. The van der Waals surface area contributed by atoms with E-state index in [-0.39, 0.29) is 30.7 Å². The molecule has 0 unspecified atom stereocenters. The van der Waals surface area contributed by atoms with Crippen LogP contribution in [0.15, 0.2) is 47.7 Å². The summed E-state index contributed by atoms with van der Waals surface area (Å²) >= 11 is 0. The summed E-state index contributed by atoms with van der Waals surface area (Å²) in [5.74, 6) is -1.63. The Morgan fingerprint density at radius 1 is 1.29 bits per heavy atom. The zero-order chi connectivity index (χ0) is 20.3. The quantitative estimate of drug-likeness (QED) is 0.346. The lowest BCUT2D eigenvalue weighted by atomic mass is 9.69. The summed E-state index contributed by atoms with van der Waals surface area (Å²) in [6.07, 6.45) is 4.01. The molecule has 0 saturated heterocycles. The Morgan fingerprint density at radius 2 is 2.00 bits per heavy atom. The van der Waals surface area contributed by atoms with E-state index in [1.807, 2.05) is 6.08 Å². The fourth-order valence-corrected chi connectivity index (χ4v) is 3.85. The predicted octanol–water partition coefficient (Wildman–Crippen LogP) is 2.26. The van der Waals surface area contributed by atoms with Gasteiger partial charge in [0.15, 0.2) is 5.78 Å². The highest BCUT2D eigenvalue weighted by molar-refractivity contribution is 5.98. The van der Waals surface area contributed by atoms with Crippen LogP contribution in [0.1, 0.15) is 24.8 Å². The molecule has 1 aliphatic carbocycles. The lowest BCUT2D eigenvalue weighted by Crippen LogP contribution is -2.49. The molecule has 8 nitrogen and oxygen atoms in total. The van der Waals surface area contributed by atoms with Gasteiger partial charge in [-0.1, -0.05) is 18.2 Å². The molecule has 1 aromatic carbocycles. The van der Waals surface area contributed by atoms with Crippen LogP contribution in [0.2, 0.25) is 0 Å². The van der Waals surface area contributed by atoms with Gasteiger partial charge in [0.1, 0.15) is 6.61 Å². The van der Waals surface area contributed by atoms with Crippen LogP contribution in [-0.4, -0.2) is 43.0 Å². The molecule has 0 spiro atoms. The number of rotatable bonds is 6. The molecular formula is C20H22N2O6. The molecule has 0 aromatic heterocycles. The lowest BCUT2D eigenvalue weighted by molar-refractivity contribution is -0.384. The van der Waals surface area contributed by atoms with Crippen LogP contribution in [0.25, 0.3) is 0 Å². The fraction of sp³-hybridized carbons (Fsp3) is 0.400. The number of nitro benzene ring substituents is 1. The van der Waals surface area contributed by atoms with Gasteiger partial charge >= 0.3 is 5.97 Å². The number of ketones is 1. The van der Waals surface area contributed by atoms with E-state index in [0.29, 0.717) is 23.3 Å². The van der Waals surface area contributed by atoms with Crippen molar-refractivity contribution in [2.24, 2.45) is 5.92 Å². The van der Waals surface area contributed by atoms with E-state index in [9.17, 15) is 19.7 Å². The Labute approximate surface area is 162 Å². The predicted molar refractivity (Wildman–Crippen MR) is 101 cm³/mol. The van der Waals surface area contributed by atoms with Crippen molar-refractivity contribution in [2.75, 3.05) is 20.3 Å². The van der Waals surface area contributed by atoms with Crippen molar-refractivity contribution >= 4 is 17.4 Å². The van der Waals surface area contributed by atoms with Crippen molar-refractivity contribution in [2.45, 2.75) is 25.3 Å². The molecule has 2 aliphatic rings. The van der Waals surface area contributed by atoms with E-state index in [1.165, 1.54) is 25.3 Å². The summed E-state index contributed by atoms with van der Waals surface area (Å²) in [6, 6.07) is 5.84. The maximum Gasteiger partial charge on any atom is 0.336 e. The standard InChI is InChI=1S/C20H22N2O6/c1-12-17(20(24)28-11-10-27-2)18(13-6-8-14(9-7-13)22(25)26)19-15(21-12)4-3-5-16(19)23/h3,5-9,15,18-19,21H,4,10-11H2,1-2H3/t15-,18-,19-/m1/s1. The summed E-state index contributed by atoms with van der Waals surface area (Å²) < 4.78 is 10.2. The first-order chi connectivity index (χ1) is 13.4. The van der Waals surface area contributed by atoms with Gasteiger partial charge in [0.25, 0.3) is 5.69 Å². The van der Waals surface area contributed by atoms with Crippen LogP contribution in [0.3, 0.4) is 0 Å². The van der Waals surface area contributed by atoms with Crippen molar-refractivity contribution in [1.29, 1.82) is 0 Å². The number of methoxy groups -OCH3 is 1. The molecule has 1 aromatic rings. The second-order valence-electron chi connectivity index (χ2n) is 6.81. The number of ether oxygens (including phenoxy) is 2. The van der Waals surface area contributed by atoms with Gasteiger partial charge in [0.05, 0.1) is 23.0 Å². The van der Waals surface area contributed by atoms with E-state index < -0.39 is 22.7 Å². The van der Waals surface area contributed by atoms with Crippen LogP contribution in [0.5, 0.6) is 0 Å². The Morgan fingerprint density at radius 3 is 2.64 bits per heavy atom. The Hall–Kier alpha value is -3.00. The summed E-state index contributed by atoms with van der Waals surface area (Å²) in [5.41, 5.74) is 1.64. The van der Waals surface area contributed by atoms with E-state index in [2.05, 4.69) is 5.32 Å². The highest BCUT2D eigenvalue weighted by atomic mass is 16.6. The SMILES string of the molecule is COCCOC(=O)C1=C(C)N[C@@H]2CC=CC(=O)[C@@H]2[C@@H]1c1ccc([N+](=O)[O-])cc1. The van der Waals surface area contributed by atoms with E-state index in [4.69, 9.17) is 9.47 Å². The van der Waals surface area contributed by atoms with E-state index >= 15 is 0 Å². The van der Waals surface area contributed by atoms with Crippen LogP contribution >= 0.6 is 0 Å². The van der Waals surface area contributed by atoms with E-state index in [0.717, 1.165) is 0 Å². The van der Waals surface area contributed by atoms with Gasteiger partial charge in [-0.2, -0.15) is 0 Å². The molecule has 3 rings (SSSR count). The average molecular weight is 386 g/mol. The van der Waals surface area contributed by atoms with Gasteiger partial charge in [-0.3, -0.25) is 14.9 Å². The molecule has 8 heteroatoms. The Balaban J connectivity index is 2.03. The monoisotopic (exact) mass is 386 g/mol. The minimum Gasteiger partial charge on any atom is -0.460 e. The number of carbonyl (C=O) groups is 2. The van der Waals surface area contributed by atoms with Gasteiger partial charge < -0.3 is 14.8 Å². The number of non-ortho nitro benzene ring substituents is 1. The van der Waals surface area contributed by atoms with Crippen LogP contribution in [-0.2, 0) is 19.1 Å². The number of esters is 1. The van der Waals surface area contributed by atoms with Gasteiger partial charge in [-0.05, 0) is 25.0 Å². The molecule has 0 fully saturated rings. The smallest absolute Gasteiger partial charge is 0.336 e. The Kier molecular flexibility index (Phi) is 5.89. The number of nitro groups is 1. The second-order valence-corrected chi connectivity index (χ2v) is 6.81. The van der Waals surface area contributed by atoms with Crippen molar-refractivity contribution in [3.8, 4) is 0 Å². The molecule has 1 N–H and O–H groups in total. The van der Waals surface area contributed by atoms with Crippen molar-refractivity contribution in [1.82, 2.24) is 5.32 Å². The topological polar surface area (TPSA) is 108 Å². The number of nitrogens with one attached hydrogen (secondary N) is 1. The molecule has 28 heavy (non-hydrogen) atoms. The minimum atomic E-state index is -0.542. The van der Waals surface area contributed by atoms with Gasteiger partial charge in [0, 0.05) is 36.9 Å². The summed E-state index contributed by atoms with van der Waals surface area (Å²) in [6.45, 7) is 2.15. The third kappa shape index (κ3) is 3.82. The first kappa shape index (κ1) is 19.8. The largest absolute Gasteiger partial charge is 0.460 e. The summed E-state index contributed by atoms with van der Waals surface area (Å²) in [4.78, 5) is 36.0. The zero-order valence-corrected chi connectivity index (χ0v) is 15.7. The van der Waals surface area contributed by atoms with Crippen molar-refractivity contribution in [3.05, 3.63) is 63.4 Å². The zero-order valence-electron chi connectivity index (χ0n) is 15.7. The van der Waals surface area contributed by atoms with Crippen molar-refractivity contribution < 1.29 is 24.0 Å². The van der Waals surface area contributed by atoms with Gasteiger partial charge in [-0.25, -0.2) is 4.79 Å². The third-order valence-electron chi connectivity index (χ3n) is 5.11. The average Bonchev–Trinajstić information content (AvgIpc) is 2.67. The minimum absolute atomic E-state index is 0.0472. The maximum absolute atomic E-state index is 12.8. The van der Waals surface area contributed by atoms with Crippen LogP contribution < -0.4 is 5.32 Å². The molecule has 148 valence electrons. The van der Waals surface area contributed by atoms with Gasteiger partial charge in [0.2, 0.25) is 0 Å². The first-order valence-electron chi connectivity index (χ1n) is 9.02. The first-order valence-corrected chi connectivity index (χ1v) is 9.02. The number of benzene rings is 1. The summed E-state index contributed by atoms with van der Waals surface area (Å²) in [7, 11) is 1.51. The van der Waals surface area contributed by atoms with Crippen LogP contribution in [0.4, 0.5) is 5.69 Å². The molecule has 0 saturated carbocycles. The van der Waals surface area contributed by atoms with Crippen LogP contribution in [0, 0.1) is 16.0 Å². The molecule has 1 aliphatic heterocycles. The number of allylic oxidation sites excluding steroid dienone is 2.